The summed E-state index contributed by atoms with van der Waals surface area (Å²) in [6.45, 7) is 7.80. The largest absolute Gasteiger partial charge is 0.375 e. The molecule has 1 aromatic heterocycles. The van der Waals surface area contributed by atoms with Crippen molar-refractivity contribution in [2.45, 2.75) is 26.7 Å². The summed E-state index contributed by atoms with van der Waals surface area (Å²) in [5, 5.41) is 12.9. The number of hydrogen-bond donors (Lipinski definition) is 4. The van der Waals surface area contributed by atoms with E-state index in [4.69, 9.17) is 11.6 Å². The summed E-state index contributed by atoms with van der Waals surface area (Å²) in [5.74, 6) is 2.11. The van der Waals surface area contributed by atoms with Crippen LogP contribution in [0.15, 0.2) is 52.9 Å². The topological polar surface area (TPSA) is 91.0 Å². The molecule has 0 bridgehead atoms. The van der Waals surface area contributed by atoms with Gasteiger partial charge in [-0.05, 0) is 64.5 Å². The van der Waals surface area contributed by atoms with Gasteiger partial charge in [-0.2, -0.15) is 4.98 Å². The van der Waals surface area contributed by atoms with Crippen LogP contribution in [0.5, 0.6) is 0 Å². The standard InChI is InChI=1S/C22H26BrClN6O/c1-12(2)21(31)27-15-7-8-17(24)18(10-15)28-22-26-11-16(23)20(30-22)29-19(25-4)9-13(3)14-5-6-14/h7-12,14,25H,3,5-6H2,1-2,4H3,(H,27,31)(H2,26,28,29,30)/b19-9+. The Balaban J connectivity index is 1.78. The molecule has 1 saturated carbocycles. The fourth-order valence-electron chi connectivity index (χ4n) is 2.68. The predicted octanol–water partition coefficient (Wildman–Crippen LogP) is 5.67. The Morgan fingerprint density at radius 2 is 2.06 bits per heavy atom. The van der Waals surface area contributed by atoms with Crippen molar-refractivity contribution >= 4 is 56.6 Å². The number of carbonyl (C=O) groups excluding carboxylic acids is 1. The molecule has 7 nitrogen and oxygen atoms in total. The van der Waals surface area contributed by atoms with E-state index < -0.39 is 0 Å². The number of anilines is 4. The smallest absolute Gasteiger partial charge is 0.229 e. The highest BCUT2D eigenvalue weighted by Crippen LogP contribution is 2.36. The maximum absolute atomic E-state index is 12.0. The van der Waals surface area contributed by atoms with Gasteiger partial charge in [0.2, 0.25) is 11.9 Å². The third-order valence-corrected chi connectivity index (χ3v) is 5.61. The second-order valence-electron chi connectivity index (χ2n) is 7.64. The first kappa shape index (κ1) is 23.1. The van der Waals surface area contributed by atoms with Gasteiger partial charge in [0, 0.05) is 24.8 Å². The molecule has 0 radical (unpaired) electrons. The zero-order chi connectivity index (χ0) is 22.5. The van der Waals surface area contributed by atoms with E-state index in [1.54, 1.807) is 24.4 Å². The molecule has 1 aromatic carbocycles. The van der Waals surface area contributed by atoms with Crippen LogP contribution in [0.3, 0.4) is 0 Å². The molecule has 0 spiro atoms. The van der Waals surface area contributed by atoms with E-state index in [1.807, 2.05) is 27.0 Å². The van der Waals surface area contributed by atoms with Gasteiger partial charge in [0.1, 0.15) is 5.82 Å². The zero-order valence-corrected chi connectivity index (χ0v) is 20.1. The maximum atomic E-state index is 12.0. The Kier molecular flexibility index (Phi) is 7.56. The first-order chi connectivity index (χ1) is 14.8. The summed E-state index contributed by atoms with van der Waals surface area (Å²) < 4.78 is 0.709. The number of allylic oxidation sites excluding steroid dienone is 2. The van der Waals surface area contributed by atoms with E-state index in [9.17, 15) is 4.79 Å². The van der Waals surface area contributed by atoms with E-state index in [1.165, 1.54) is 12.8 Å². The molecule has 4 N–H and O–H groups in total. The van der Waals surface area contributed by atoms with Gasteiger partial charge in [0.25, 0.3) is 0 Å². The number of rotatable bonds is 9. The maximum Gasteiger partial charge on any atom is 0.229 e. The van der Waals surface area contributed by atoms with Crippen LogP contribution in [0.25, 0.3) is 0 Å². The number of nitrogens with one attached hydrogen (secondary N) is 4. The van der Waals surface area contributed by atoms with E-state index in [0.717, 1.165) is 11.4 Å². The summed E-state index contributed by atoms with van der Waals surface area (Å²) in [6.07, 6.45) is 6.03. The van der Waals surface area contributed by atoms with E-state index >= 15 is 0 Å². The van der Waals surface area contributed by atoms with Crippen molar-refractivity contribution in [1.29, 1.82) is 0 Å². The van der Waals surface area contributed by atoms with Crippen molar-refractivity contribution in [3.63, 3.8) is 0 Å². The van der Waals surface area contributed by atoms with Crippen molar-refractivity contribution in [1.82, 2.24) is 15.3 Å². The Bertz CT molecular complexity index is 1020. The van der Waals surface area contributed by atoms with Gasteiger partial charge in [-0.25, -0.2) is 4.98 Å². The predicted molar refractivity (Wildman–Crippen MR) is 131 cm³/mol. The zero-order valence-electron chi connectivity index (χ0n) is 17.7. The molecule has 0 atom stereocenters. The van der Waals surface area contributed by atoms with Crippen LogP contribution in [-0.2, 0) is 4.79 Å². The summed E-state index contributed by atoms with van der Waals surface area (Å²) in [6, 6.07) is 5.21. The fourth-order valence-corrected chi connectivity index (χ4v) is 3.13. The van der Waals surface area contributed by atoms with Gasteiger partial charge in [-0.3, -0.25) is 4.79 Å². The Morgan fingerprint density at radius 3 is 2.71 bits per heavy atom. The lowest BCUT2D eigenvalue weighted by molar-refractivity contribution is -0.118. The van der Waals surface area contributed by atoms with Crippen molar-refractivity contribution in [3.05, 3.63) is 57.9 Å². The van der Waals surface area contributed by atoms with Crippen LogP contribution in [0.4, 0.5) is 23.1 Å². The number of aromatic nitrogens is 2. The average Bonchev–Trinajstić information content (AvgIpc) is 3.57. The molecule has 31 heavy (non-hydrogen) atoms. The van der Waals surface area contributed by atoms with Crippen LogP contribution >= 0.6 is 27.5 Å². The van der Waals surface area contributed by atoms with E-state index in [0.29, 0.717) is 38.6 Å². The van der Waals surface area contributed by atoms with Gasteiger partial charge in [0.05, 0.1) is 15.2 Å². The molecule has 0 saturated heterocycles. The van der Waals surface area contributed by atoms with Crippen LogP contribution < -0.4 is 21.3 Å². The minimum atomic E-state index is -0.124. The summed E-state index contributed by atoms with van der Waals surface area (Å²) in [7, 11) is 1.84. The highest BCUT2D eigenvalue weighted by molar-refractivity contribution is 9.10. The molecule has 1 amide bonds. The monoisotopic (exact) mass is 504 g/mol. The summed E-state index contributed by atoms with van der Waals surface area (Å²) >= 11 is 9.81. The number of amides is 1. The Morgan fingerprint density at radius 1 is 1.32 bits per heavy atom. The van der Waals surface area contributed by atoms with Gasteiger partial charge in [-0.1, -0.05) is 32.0 Å². The minimum absolute atomic E-state index is 0.0705. The van der Waals surface area contributed by atoms with Crippen LogP contribution in [0.1, 0.15) is 26.7 Å². The average molecular weight is 506 g/mol. The number of hydrogen-bond acceptors (Lipinski definition) is 6. The quantitative estimate of drug-likeness (QED) is 0.328. The van der Waals surface area contributed by atoms with E-state index in [-0.39, 0.29) is 11.8 Å². The number of nitrogens with zero attached hydrogens (tertiary/aromatic N) is 2. The van der Waals surface area contributed by atoms with Crippen molar-refractivity contribution in [2.24, 2.45) is 11.8 Å². The number of halogens is 2. The van der Waals surface area contributed by atoms with Crippen LogP contribution in [0, 0.1) is 11.8 Å². The molecular weight excluding hydrogens is 480 g/mol. The van der Waals surface area contributed by atoms with Crippen molar-refractivity contribution in [3.8, 4) is 0 Å². The van der Waals surface area contributed by atoms with E-state index in [2.05, 4.69) is 53.7 Å². The molecule has 0 aliphatic heterocycles. The Hall–Kier alpha value is -2.58. The molecular formula is C22H26BrClN6O. The van der Waals surface area contributed by atoms with Gasteiger partial charge >= 0.3 is 0 Å². The molecule has 9 heteroatoms. The number of benzene rings is 1. The molecule has 1 heterocycles. The van der Waals surface area contributed by atoms with Crippen molar-refractivity contribution < 1.29 is 4.79 Å². The third-order valence-electron chi connectivity index (χ3n) is 4.70. The normalized spacial score (nSPS) is 13.7. The highest BCUT2D eigenvalue weighted by atomic mass is 79.9. The molecule has 1 aliphatic carbocycles. The SMILES string of the molecule is C=C(/C=C(\NC)Nc1nc(Nc2cc(NC(=O)C(C)C)ccc2Cl)ncc1Br)C1CC1. The number of carbonyl (C=O) groups is 1. The lowest BCUT2D eigenvalue weighted by Crippen LogP contribution is -2.17. The van der Waals surface area contributed by atoms with Gasteiger partial charge < -0.3 is 21.3 Å². The molecule has 164 valence electrons. The second-order valence-corrected chi connectivity index (χ2v) is 8.90. The summed E-state index contributed by atoms with van der Waals surface area (Å²) in [5.41, 5.74) is 2.32. The first-order valence-corrected chi connectivity index (χ1v) is 11.2. The first-order valence-electron chi connectivity index (χ1n) is 10.0. The van der Waals surface area contributed by atoms with Gasteiger partial charge in [-0.15, -0.1) is 0 Å². The molecule has 1 fully saturated rings. The molecule has 2 aromatic rings. The highest BCUT2D eigenvalue weighted by Gasteiger charge is 2.23. The molecule has 3 rings (SSSR count). The lowest BCUT2D eigenvalue weighted by atomic mass is 10.2. The molecule has 0 unspecified atom stereocenters. The van der Waals surface area contributed by atoms with Crippen LogP contribution in [0.2, 0.25) is 5.02 Å². The third kappa shape index (κ3) is 6.45. The Labute approximate surface area is 195 Å². The minimum Gasteiger partial charge on any atom is -0.375 e. The summed E-state index contributed by atoms with van der Waals surface area (Å²) in [4.78, 5) is 20.8. The lowest BCUT2D eigenvalue weighted by Gasteiger charge is -2.14. The second kappa shape index (κ2) is 10.2. The fraction of sp³-hybridized carbons (Fsp3) is 0.318. The van der Waals surface area contributed by atoms with Gasteiger partial charge in [0.15, 0.2) is 5.82 Å². The van der Waals surface area contributed by atoms with Crippen molar-refractivity contribution in [2.75, 3.05) is 23.0 Å². The van der Waals surface area contributed by atoms with Crippen LogP contribution in [-0.4, -0.2) is 22.9 Å². The molecule has 1 aliphatic rings.